The van der Waals surface area contributed by atoms with Gasteiger partial charge in [-0.05, 0) is 44.7 Å². The van der Waals surface area contributed by atoms with E-state index in [1.165, 1.54) is 18.2 Å². The molecule has 1 atom stereocenters. The molecule has 26 heavy (non-hydrogen) atoms. The molecule has 1 unspecified atom stereocenters. The first-order chi connectivity index (χ1) is 12.2. The fourth-order valence-electron chi connectivity index (χ4n) is 3.05. The third-order valence-electron chi connectivity index (χ3n) is 4.52. The van der Waals surface area contributed by atoms with Gasteiger partial charge >= 0.3 is 12.1 Å². The summed E-state index contributed by atoms with van der Waals surface area (Å²) in [5.41, 5.74) is -0.856. The number of rotatable bonds is 6. The van der Waals surface area contributed by atoms with Gasteiger partial charge in [-0.2, -0.15) is 13.2 Å². The summed E-state index contributed by atoms with van der Waals surface area (Å²) in [5, 5.41) is 11.7. The van der Waals surface area contributed by atoms with Crippen molar-refractivity contribution in [1.29, 1.82) is 0 Å². The Morgan fingerprint density at radius 2 is 1.77 bits per heavy atom. The van der Waals surface area contributed by atoms with Crippen molar-refractivity contribution in [3.05, 3.63) is 29.8 Å². The molecule has 0 aliphatic heterocycles. The summed E-state index contributed by atoms with van der Waals surface area (Å²) < 4.78 is 44.0. The van der Waals surface area contributed by atoms with E-state index < -0.39 is 29.7 Å². The predicted octanol–water partition coefficient (Wildman–Crippen LogP) is 3.48. The Kier molecular flexibility index (Phi) is 6.50. The lowest BCUT2D eigenvalue weighted by atomic mass is 9.81. The van der Waals surface area contributed by atoms with Crippen LogP contribution in [0.4, 0.5) is 13.2 Å². The summed E-state index contributed by atoms with van der Waals surface area (Å²) in [7, 11) is 0. The maximum absolute atomic E-state index is 12.9. The lowest BCUT2D eigenvalue weighted by molar-refractivity contribution is -0.144. The number of carboxylic acid groups (broad SMARTS) is 1. The minimum atomic E-state index is -4.51. The highest BCUT2D eigenvalue weighted by Gasteiger charge is 2.34. The van der Waals surface area contributed by atoms with Crippen molar-refractivity contribution < 1.29 is 32.6 Å². The normalized spacial score (nSPS) is 21.7. The molecule has 8 heteroatoms. The number of carboxylic acids is 1. The molecule has 0 radical (unpaired) electrons. The third kappa shape index (κ3) is 5.37. The first-order valence-electron chi connectivity index (χ1n) is 8.50. The van der Waals surface area contributed by atoms with Crippen molar-refractivity contribution in [2.45, 2.75) is 44.8 Å². The number of alkyl halides is 3. The van der Waals surface area contributed by atoms with Gasteiger partial charge in [0.25, 0.3) is 0 Å². The van der Waals surface area contributed by atoms with Gasteiger partial charge in [-0.1, -0.05) is 12.1 Å². The molecule has 1 amide bonds. The van der Waals surface area contributed by atoms with Crippen LogP contribution in [0.3, 0.4) is 0 Å². The molecule has 0 saturated heterocycles. The van der Waals surface area contributed by atoms with E-state index in [0.29, 0.717) is 25.7 Å². The smallest absolute Gasteiger partial charge is 0.419 e. The Balaban J connectivity index is 1.83. The molecule has 2 N–H and O–H groups in total. The molecule has 0 heterocycles. The average Bonchev–Trinajstić information content (AvgIpc) is 2.59. The number of benzene rings is 1. The molecule has 0 aromatic heterocycles. The van der Waals surface area contributed by atoms with Gasteiger partial charge in [0.2, 0.25) is 5.91 Å². The van der Waals surface area contributed by atoms with Crippen LogP contribution < -0.4 is 10.1 Å². The van der Waals surface area contributed by atoms with Crippen LogP contribution in [0.1, 0.15) is 38.2 Å². The summed E-state index contributed by atoms with van der Waals surface area (Å²) in [6.45, 7) is 1.56. The van der Waals surface area contributed by atoms with Crippen LogP contribution >= 0.6 is 0 Å². The predicted molar refractivity (Wildman–Crippen MR) is 87.6 cm³/mol. The number of hydrogen-bond donors (Lipinski definition) is 2. The van der Waals surface area contributed by atoms with E-state index in [2.05, 4.69) is 5.32 Å². The number of ether oxygens (including phenoxy) is 1. The number of para-hydroxylation sites is 1. The molecule has 5 nitrogen and oxygen atoms in total. The maximum atomic E-state index is 12.9. The first-order valence-corrected chi connectivity index (χ1v) is 8.50. The Hall–Kier alpha value is -2.25. The summed E-state index contributed by atoms with van der Waals surface area (Å²) in [5.74, 6) is -2.00. The zero-order valence-corrected chi connectivity index (χ0v) is 14.4. The van der Waals surface area contributed by atoms with Crippen molar-refractivity contribution in [3.8, 4) is 5.75 Å². The fraction of sp³-hybridized carbons (Fsp3) is 0.556. The Bertz CT molecular complexity index is 640. The Morgan fingerprint density at radius 3 is 2.35 bits per heavy atom. The number of amides is 1. The molecule has 0 spiro atoms. The minimum absolute atomic E-state index is 0.0939. The van der Waals surface area contributed by atoms with Gasteiger partial charge in [0.15, 0.2) is 0 Å². The van der Waals surface area contributed by atoms with E-state index in [0.717, 1.165) is 6.07 Å². The largest absolute Gasteiger partial charge is 0.491 e. The van der Waals surface area contributed by atoms with E-state index in [1.54, 1.807) is 6.92 Å². The van der Waals surface area contributed by atoms with Crippen molar-refractivity contribution in [2.24, 2.45) is 11.8 Å². The van der Waals surface area contributed by atoms with Crippen LogP contribution in [-0.4, -0.2) is 29.6 Å². The number of carbonyl (C=O) groups excluding carboxylic acids is 1. The topological polar surface area (TPSA) is 75.6 Å². The number of nitrogens with one attached hydrogen (secondary N) is 1. The third-order valence-corrected chi connectivity index (χ3v) is 4.52. The molecule has 2 rings (SSSR count). The fourth-order valence-corrected chi connectivity index (χ4v) is 3.05. The second kappa shape index (κ2) is 8.42. The van der Waals surface area contributed by atoms with Crippen LogP contribution in [0.2, 0.25) is 0 Å². The van der Waals surface area contributed by atoms with E-state index in [9.17, 15) is 22.8 Å². The van der Waals surface area contributed by atoms with Gasteiger partial charge in [0, 0.05) is 5.92 Å². The van der Waals surface area contributed by atoms with Crippen molar-refractivity contribution in [1.82, 2.24) is 5.32 Å². The number of halogens is 3. The average molecular weight is 373 g/mol. The number of carbonyl (C=O) groups is 2. The van der Waals surface area contributed by atoms with Gasteiger partial charge in [-0.15, -0.1) is 0 Å². The summed E-state index contributed by atoms with van der Waals surface area (Å²) in [6, 6.07) is 4.45. The summed E-state index contributed by atoms with van der Waals surface area (Å²) in [6.07, 6.45) is -2.61. The van der Waals surface area contributed by atoms with Crippen LogP contribution in [-0.2, 0) is 15.8 Å². The standard InChI is InChI=1S/C18H22F3NO4/c1-11(10-26-15-5-3-2-4-14(15)18(19,20)21)22-16(23)12-6-8-13(9-7-12)17(24)25/h2-5,11-13H,6-10H2,1H3,(H,22,23)(H,24,25). The first kappa shape index (κ1) is 20.1. The highest BCUT2D eigenvalue weighted by atomic mass is 19.4. The highest BCUT2D eigenvalue weighted by molar-refractivity contribution is 5.79. The van der Waals surface area contributed by atoms with Crippen LogP contribution in [0, 0.1) is 11.8 Å². The second-order valence-corrected chi connectivity index (χ2v) is 6.60. The molecular weight excluding hydrogens is 351 g/mol. The summed E-state index contributed by atoms with van der Waals surface area (Å²) in [4.78, 5) is 23.2. The molecule has 0 bridgehead atoms. The van der Waals surface area contributed by atoms with Gasteiger partial charge < -0.3 is 15.2 Å². The van der Waals surface area contributed by atoms with Crippen molar-refractivity contribution in [3.63, 3.8) is 0 Å². The highest BCUT2D eigenvalue weighted by Crippen LogP contribution is 2.36. The summed E-state index contributed by atoms with van der Waals surface area (Å²) >= 11 is 0. The molecule has 1 fully saturated rings. The van der Waals surface area contributed by atoms with E-state index in [4.69, 9.17) is 9.84 Å². The second-order valence-electron chi connectivity index (χ2n) is 6.60. The zero-order chi connectivity index (χ0) is 19.3. The van der Waals surface area contributed by atoms with E-state index >= 15 is 0 Å². The number of aliphatic carboxylic acids is 1. The molecule has 1 aromatic rings. The van der Waals surface area contributed by atoms with E-state index in [-0.39, 0.29) is 24.2 Å². The van der Waals surface area contributed by atoms with E-state index in [1.807, 2.05) is 0 Å². The molecule has 1 aliphatic carbocycles. The molecule has 1 saturated carbocycles. The molecule has 144 valence electrons. The minimum Gasteiger partial charge on any atom is -0.491 e. The van der Waals surface area contributed by atoms with Crippen LogP contribution in [0.25, 0.3) is 0 Å². The van der Waals surface area contributed by atoms with Gasteiger partial charge in [0.05, 0.1) is 17.5 Å². The Labute approximate surface area is 149 Å². The van der Waals surface area contributed by atoms with Gasteiger partial charge in [-0.25, -0.2) is 0 Å². The lowest BCUT2D eigenvalue weighted by Gasteiger charge is -2.26. The zero-order valence-electron chi connectivity index (χ0n) is 14.4. The monoisotopic (exact) mass is 373 g/mol. The van der Waals surface area contributed by atoms with Crippen LogP contribution in [0.5, 0.6) is 5.75 Å². The quantitative estimate of drug-likeness (QED) is 0.801. The van der Waals surface area contributed by atoms with Crippen molar-refractivity contribution >= 4 is 11.9 Å². The van der Waals surface area contributed by atoms with Gasteiger partial charge in [-0.3, -0.25) is 9.59 Å². The van der Waals surface area contributed by atoms with Gasteiger partial charge in [0.1, 0.15) is 12.4 Å². The molecular formula is C18H22F3NO4. The number of hydrogen-bond acceptors (Lipinski definition) is 3. The Morgan fingerprint density at radius 1 is 1.19 bits per heavy atom. The SMILES string of the molecule is CC(COc1ccccc1C(F)(F)F)NC(=O)C1CCC(C(=O)O)CC1. The molecule has 1 aromatic carbocycles. The lowest BCUT2D eigenvalue weighted by Crippen LogP contribution is -2.41. The van der Waals surface area contributed by atoms with Crippen LogP contribution in [0.15, 0.2) is 24.3 Å². The maximum Gasteiger partial charge on any atom is 0.419 e. The van der Waals surface area contributed by atoms with Crippen molar-refractivity contribution in [2.75, 3.05) is 6.61 Å². The molecule has 1 aliphatic rings.